The van der Waals surface area contributed by atoms with Crippen molar-refractivity contribution >= 4 is 17.2 Å². The first-order valence-electron chi connectivity index (χ1n) is 8.03. The summed E-state index contributed by atoms with van der Waals surface area (Å²) in [5, 5.41) is 13.3. The molecule has 7 heteroatoms. The largest absolute Gasteiger partial charge is 0.361 e. The standard InChI is InChI=1S/C17H18N4O2S/c1-11-13(10-19-23-11)17(22)18-6-7-21-15(12-4-5-12)9-14(20-21)16-3-2-8-24-16/h2-3,8-10,12H,4-7H2,1H3,(H,18,22). The van der Waals surface area contributed by atoms with Crippen LogP contribution in [0.4, 0.5) is 0 Å². The van der Waals surface area contributed by atoms with Gasteiger partial charge in [0, 0.05) is 18.2 Å². The van der Waals surface area contributed by atoms with Crippen molar-refractivity contribution in [1.29, 1.82) is 0 Å². The monoisotopic (exact) mass is 342 g/mol. The molecule has 0 spiro atoms. The van der Waals surface area contributed by atoms with Crippen LogP contribution in [-0.2, 0) is 6.54 Å². The summed E-state index contributed by atoms with van der Waals surface area (Å²) in [5.41, 5.74) is 2.78. The third-order valence-electron chi connectivity index (χ3n) is 4.18. The molecule has 1 saturated carbocycles. The second kappa shape index (κ2) is 6.24. The smallest absolute Gasteiger partial charge is 0.256 e. The quantitative estimate of drug-likeness (QED) is 0.746. The Labute approximate surface area is 143 Å². The lowest BCUT2D eigenvalue weighted by Crippen LogP contribution is -2.28. The number of nitrogens with zero attached hydrogens (tertiary/aromatic N) is 3. The highest BCUT2D eigenvalue weighted by Gasteiger charge is 2.28. The van der Waals surface area contributed by atoms with Gasteiger partial charge in [-0.15, -0.1) is 11.3 Å². The van der Waals surface area contributed by atoms with E-state index in [1.54, 1.807) is 18.3 Å². The molecule has 24 heavy (non-hydrogen) atoms. The van der Waals surface area contributed by atoms with Crippen LogP contribution in [0.5, 0.6) is 0 Å². The first-order valence-corrected chi connectivity index (χ1v) is 8.91. The Bertz CT molecular complexity index is 846. The highest BCUT2D eigenvalue weighted by molar-refractivity contribution is 7.13. The zero-order valence-corrected chi connectivity index (χ0v) is 14.2. The number of aryl methyl sites for hydroxylation is 1. The maximum Gasteiger partial charge on any atom is 0.256 e. The van der Waals surface area contributed by atoms with Gasteiger partial charge in [0.25, 0.3) is 5.91 Å². The molecule has 0 atom stereocenters. The molecule has 0 radical (unpaired) electrons. The van der Waals surface area contributed by atoms with E-state index >= 15 is 0 Å². The molecule has 0 aromatic carbocycles. The molecule has 0 saturated heterocycles. The number of carbonyl (C=O) groups is 1. The Morgan fingerprint density at radius 3 is 3.04 bits per heavy atom. The van der Waals surface area contributed by atoms with Gasteiger partial charge in [-0.1, -0.05) is 11.2 Å². The number of carbonyl (C=O) groups excluding carboxylic acids is 1. The van der Waals surface area contributed by atoms with Gasteiger partial charge in [-0.25, -0.2) is 0 Å². The summed E-state index contributed by atoms with van der Waals surface area (Å²) in [5.74, 6) is 0.986. The molecule has 6 nitrogen and oxygen atoms in total. The topological polar surface area (TPSA) is 73.0 Å². The van der Waals surface area contributed by atoms with E-state index < -0.39 is 0 Å². The predicted octanol–water partition coefficient (Wildman–Crippen LogP) is 3.22. The molecule has 0 aliphatic heterocycles. The molecule has 0 bridgehead atoms. The summed E-state index contributed by atoms with van der Waals surface area (Å²) < 4.78 is 6.96. The number of rotatable bonds is 6. The number of hydrogen-bond donors (Lipinski definition) is 1. The van der Waals surface area contributed by atoms with Crippen LogP contribution >= 0.6 is 11.3 Å². The van der Waals surface area contributed by atoms with Crippen molar-refractivity contribution in [3.8, 4) is 10.6 Å². The van der Waals surface area contributed by atoms with Crippen molar-refractivity contribution in [3.05, 3.63) is 46.8 Å². The van der Waals surface area contributed by atoms with Crippen molar-refractivity contribution in [2.24, 2.45) is 0 Å². The van der Waals surface area contributed by atoms with Gasteiger partial charge in [-0.2, -0.15) is 5.10 Å². The lowest BCUT2D eigenvalue weighted by Gasteiger charge is -2.07. The molecule has 1 N–H and O–H groups in total. The highest BCUT2D eigenvalue weighted by atomic mass is 32.1. The fourth-order valence-electron chi connectivity index (χ4n) is 2.75. The van der Waals surface area contributed by atoms with Crippen LogP contribution in [0, 0.1) is 6.92 Å². The van der Waals surface area contributed by atoms with Gasteiger partial charge in [0.15, 0.2) is 0 Å². The molecular weight excluding hydrogens is 324 g/mol. The van der Waals surface area contributed by atoms with Crippen molar-refractivity contribution in [2.75, 3.05) is 6.54 Å². The normalized spacial score (nSPS) is 14.0. The van der Waals surface area contributed by atoms with Gasteiger partial charge in [0.05, 0.1) is 17.6 Å². The summed E-state index contributed by atoms with van der Waals surface area (Å²) in [6, 6.07) is 6.32. The Morgan fingerprint density at radius 1 is 1.50 bits per heavy atom. The zero-order valence-electron chi connectivity index (χ0n) is 13.4. The molecular formula is C17H18N4O2S. The van der Waals surface area contributed by atoms with E-state index in [2.05, 4.69) is 28.0 Å². The van der Waals surface area contributed by atoms with E-state index in [1.165, 1.54) is 29.6 Å². The highest BCUT2D eigenvalue weighted by Crippen LogP contribution is 2.41. The van der Waals surface area contributed by atoms with Crippen molar-refractivity contribution < 1.29 is 9.32 Å². The average molecular weight is 342 g/mol. The van der Waals surface area contributed by atoms with Crippen LogP contribution in [0.25, 0.3) is 10.6 Å². The lowest BCUT2D eigenvalue weighted by atomic mass is 10.2. The summed E-state index contributed by atoms with van der Waals surface area (Å²) in [7, 11) is 0. The van der Waals surface area contributed by atoms with Crippen LogP contribution in [-0.4, -0.2) is 27.4 Å². The average Bonchev–Trinajstić information content (AvgIpc) is 2.99. The molecule has 1 amide bonds. The van der Waals surface area contributed by atoms with E-state index in [-0.39, 0.29) is 5.91 Å². The minimum Gasteiger partial charge on any atom is -0.361 e. The Kier molecular flexibility index (Phi) is 3.93. The van der Waals surface area contributed by atoms with E-state index in [9.17, 15) is 4.79 Å². The molecule has 4 rings (SSSR count). The number of hydrogen-bond acceptors (Lipinski definition) is 5. The van der Waals surface area contributed by atoms with Crippen LogP contribution in [0.15, 0.2) is 34.3 Å². The second-order valence-electron chi connectivity index (χ2n) is 5.98. The molecule has 3 aromatic heterocycles. The van der Waals surface area contributed by atoms with Gasteiger partial charge in [0.1, 0.15) is 17.0 Å². The second-order valence-corrected chi connectivity index (χ2v) is 6.93. The SMILES string of the molecule is Cc1oncc1C(=O)NCCn1nc(-c2cccs2)cc1C1CC1. The number of thiophene rings is 1. The van der Waals surface area contributed by atoms with E-state index in [0.29, 0.717) is 30.3 Å². The summed E-state index contributed by atoms with van der Waals surface area (Å²) in [4.78, 5) is 13.3. The Balaban J connectivity index is 1.44. The molecule has 1 aliphatic carbocycles. The molecule has 1 fully saturated rings. The lowest BCUT2D eigenvalue weighted by molar-refractivity contribution is 0.0950. The molecule has 3 heterocycles. The van der Waals surface area contributed by atoms with Gasteiger partial charge in [0.2, 0.25) is 0 Å². The number of aromatic nitrogens is 3. The first-order chi connectivity index (χ1) is 11.7. The molecule has 1 aliphatic rings. The molecule has 0 unspecified atom stereocenters. The van der Waals surface area contributed by atoms with Crippen molar-refractivity contribution in [2.45, 2.75) is 32.2 Å². The van der Waals surface area contributed by atoms with Crippen LogP contribution in [0.2, 0.25) is 0 Å². The van der Waals surface area contributed by atoms with Gasteiger partial charge in [-0.05, 0) is 37.3 Å². The predicted molar refractivity (Wildman–Crippen MR) is 91.1 cm³/mol. The molecule has 3 aromatic rings. The summed E-state index contributed by atoms with van der Waals surface area (Å²) in [6.07, 6.45) is 3.90. The summed E-state index contributed by atoms with van der Waals surface area (Å²) >= 11 is 1.70. The van der Waals surface area contributed by atoms with Crippen LogP contribution in [0.1, 0.15) is 40.6 Å². The van der Waals surface area contributed by atoms with E-state index in [4.69, 9.17) is 9.62 Å². The zero-order chi connectivity index (χ0) is 16.5. The van der Waals surface area contributed by atoms with Crippen LogP contribution in [0.3, 0.4) is 0 Å². The number of amides is 1. The fourth-order valence-corrected chi connectivity index (χ4v) is 3.43. The maximum atomic E-state index is 12.1. The summed E-state index contributed by atoms with van der Waals surface area (Å²) in [6.45, 7) is 2.91. The van der Waals surface area contributed by atoms with Crippen molar-refractivity contribution in [1.82, 2.24) is 20.3 Å². The van der Waals surface area contributed by atoms with E-state index in [1.807, 2.05) is 10.7 Å². The third-order valence-corrected chi connectivity index (χ3v) is 5.08. The Hall–Kier alpha value is -2.41. The van der Waals surface area contributed by atoms with Gasteiger partial charge < -0.3 is 9.84 Å². The minimum atomic E-state index is -0.160. The van der Waals surface area contributed by atoms with E-state index in [0.717, 1.165) is 5.69 Å². The number of nitrogens with one attached hydrogen (secondary N) is 1. The first kappa shape index (κ1) is 15.1. The third kappa shape index (κ3) is 2.99. The molecule has 124 valence electrons. The van der Waals surface area contributed by atoms with Gasteiger partial charge in [-0.3, -0.25) is 9.48 Å². The van der Waals surface area contributed by atoms with Crippen molar-refractivity contribution in [3.63, 3.8) is 0 Å². The fraction of sp³-hybridized carbons (Fsp3) is 0.353. The Morgan fingerprint density at radius 2 is 2.38 bits per heavy atom. The van der Waals surface area contributed by atoms with Gasteiger partial charge >= 0.3 is 0 Å². The van der Waals surface area contributed by atoms with Crippen LogP contribution < -0.4 is 5.32 Å². The minimum absolute atomic E-state index is 0.160. The maximum absolute atomic E-state index is 12.1.